The molecule has 4 rings (SSSR count). The average Bonchev–Trinajstić information content (AvgIpc) is 3.25. The number of thiophene rings is 1. The van der Waals surface area contributed by atoms with Crippen molar-refractivity contribution < 1.29 is 9.53 Å². The van der Waals surface area contributed by atoms with Gasteiger partial charge in [-0.25, -0.2) is 9.59 Å². The standard InChI is InChI=1S/C24H22N2O4S/c1-25-22-19(21(27)26(24(25)29)16-18-11-6-3-7-12-18)15-20(31-22)23(28)30-14-8-13-17-9-4-2-5-10-17/h2-7,9-12,15H,8,13-14,16H2,1H3. The molecule has 31 heavy (non-hydrogen) atoms. The first-order valence-corrected chi connectivity index (χ1v) is 10.8. The molecular weight excluding hydrogens is 412 g/mol. The molecule has 0 aliphatic rings. The van der Waals surface area contributed by atoms with Crippen LogP contribution in [0.5, 0.6) is 0 Å². The second-order valence-corrected chi connectivity index (χ2v) is 8.30. The fourth-order valence-corrected chi connectivity index (χ4v) is 4.45. The van der Waals surface area contributed by atoms with E-state index in [9.17, 15) is 14.4 Å². The summed E-state index contributed by atoms with van der Waals surface area (Å²) in [6.07, 6.45) is 1.53. The Morgan fingerprint density at radius 3 is 2.29 bits per heavy atom. The van der Waals surface area contributed by atoms with Crippen molar-refractivity contribution in [1.29, 1.82) is 0 Å². The number of carbonyl (C=O) groups excluding carboxylic acids is 1. The number of esters is 1. The third-order valence-electron chi connectivity index (χ3n) is 5.08. The zero-order valence-corrected chi connectivity index (χ0v) is 17.9. The molecule has 0 saturated heterocycles. The molecule has 0 aliphatic heterocycles. The van der Waals surface area contributed by atoms with Crippen LogP contribution in [0.25, 0.3) is 10.2 Å². The topological polar surface area (TPSA) is 70.3 Å². The van der Waals surface area contributed by atoms with Crippen molar-refractivity contribution in [1.82, 2.24) is 9.13 Å². The zero-order valence-electron chi connectivity index (χ0n) is 17.1. The Morgan fingerprint density at radius 1 is 0.968 bits per heavy atom. The highest BCUT2D eigenvalue weighted by molar-refractivity contribution is 7.20. The van der Waals surface area contributed by atoms with Gasteiger partial charge in [0.25, 0.3) is 5.56 Å². The van der Waals surface area contributed by atoms with Gasteiger partial charge in [0.1, 0.15) is 9.71 Å². The molecule has 7 heteroatoms. The van der Waals surface area contributed by atoms with Crippen LogP contribution in [0.4, 0.5) is 0 Å². The third kappa shape index (κ3) is 4.51. The molecule has 2 aromatic carbocycles. The molecule has 0 unspecified atom stereocenters. The smallest absolute Gasteiger partial charge is 0.348 e. The minimum absolute atomic E-state index is 0.178. The molecule has 158 valence electrons. The molecule has 0 fully saturated rings. The Labute approximate surface area is 183 Å². The number of hydrogen-bond acceptors (Lipinski definition) is 5. The SMILES string of the molecule is Cn1c(=O)n(Cc2ccccc2)c(=O)c2cc(C(=O)OCCCc3ccccc3)sc21. The summed E-state index contributed by atoms with van der Waals surface area (Å²) < 4.78 is 8.00. The lowest BCUT2D eigenvalue weighted by Crippen LogP contribution is -2.38. The number of benzene rings is 2. The number of aromatic nitrogens is 2. The van der Waals surface area contributed by atoms with E-state index in [0.717, 1.165) is 23.3 Å². The van der Waals surface area contributed by atoms with Gasteiger partial charge in [0.15, 0.2) is 0 Å². The first-order chi connectivity index (χ1) is 15.0. The van der Waals surface area contributed by atoms with Gasteiger partial charge in [-0.2, -0.15) is 0 Å². The molecular formula is C24H22N2O4S. The number of nitrogens with zero attached hydrogens (tertiary/aromatic N) is 2. The van der Waals surface area contributed by atoms with E-state index < -0.39 is 17.2 Å². The van der Waals surface area contributed by atoms with Crippen LogP contribution in [-0.2, 0) is 24.8 Å². The maximum absolute atomic E-state index is 13.0. The largest absolute Gasteiger partial charge is 0.461 e. The molecule has 0 N–H and O–H groups in total. The van der Waals surface area contributed by atoms with Crippen LogP contribution in [0.15, 0.2) is 76.3 Å². The van der Waals surface area contributed by atoms with Crippen molar-refractivity contribution in [2.24, 2.45) is 7.05 Å². The van der Waals surface area contributed by atoms with Gasteiger partial charge in [-0.15, -0.1) is 11.3 Å². The van der Waals surface area contributed by atoms with Crippen molar-refractivity contribution in [3.05, 3.63) is 104 Å². The maximum atomic E-state index is 13.0. The third-order valence-corrected chi connectivity index (χ3v) is 6.27. The van der Waals surface area contributed by atoms with Crippen LogP contribution in [0.1, 0.15) is 27.2 Å². The number of carbonyl (C=O) groups is 1. The second kappa shape index (κ2) is 9.14. The summed E-state index contributed by atoms with van der Waals surface area (Å²) in [5.41, 5.74) is 1.23. The van der Waals surface area contributed by atoms with Gasteiger partial charge >= 0.3 is 11.7 Å². The van der Waals surface area contributed by atoms with E-state index in [2.05, 4.69) is 0 Å². The highest BCUT2D eigenvalue weighted by Crippen LogP contribution is 2.22. The minimum atomic E-state index is -0.476. The van der Waals surface area contributed by atoms with Crippen molar-refractivity contribution in [3.8, 4) is 0 Å². The van der Waals surface area contributed by atoms with Crippen LogP contribution >= 0.6 is 11.3 Å². The fourth-order valence-electron chi connectivity index (χ4n) is 3.45. The molecule has 0 aliphatic carbocycles. The van der Waals surface area contributed by atoms with Gasteiger partial charge in [-0.1, -0.05) is 60.7 Å². The molecule has 0 saturated carbocycles. The number of fused-ring (bicyclic) bond motifs is 1. The molecule has 0 amide bonds. The molecule has 0 radical (unpaired) electrons. The highest BCUT2D eigenvalue weighted by atomic mass is 32.1. The summed E-state index contributed by atoms with van der Waals surface area (Å²) in [5, 5.41) is 0.347. The summed E-state index contributed by atoms with van der Waals surface area (Å²) in [7, 11) is 1.61. The van der Waals surface area contributed by atoms with Crippen molar-refractivity contribution >= 4 is 27.5 Å². The second-order valence-electron chi connectivity index (χ2n) is 7.27. The van der Waals surface area contributed by atoms with Gasteiger partial charge < -0.3 is 4.74 Å². The van der Waals surface area contributed by atoms with E-state index in [1.165, 1.54) is 20.8 Å². The van der Waals surface area contributed by atoms with E-state index in [1.54, 1.807) is 7.05 Å². The zero-order chi connectivity index (χ0) is 21.8. The molecule has 2 heterocycles. The molecule has 0 atom stereocenters. The predicted octanol–water partition coefficient (Wildman–Crippen LogP) is 3.60. The van der Waals surface area contributed by atoms with Crippen molar-refractivity contribution in [2.45, 2.75) is 19.4 Å². The fraction of sp³-hybridized carbons (Fsp3) is 0.208. The van der Waals surface area contributed by atoms with Crippen molar-refractivity contribution in [2.75, 3.05) is 6.61 Å². The van der Waals surface area contributed by atoms with Crippen LogP contribution < -0.4 is 11.2 Å². The number of aryl methyl sites for hydroxylation is 2. The van der Waals surface area contributed by atoms with Crippen LogP contribution in [0, 0.1) is 0 Å². The molecule has 0 spiro atoms. The maximum Gasteiger partial charge on any atom is 0.348 e. The summed E-state index contributed by atoms with van der Waals surface area (Å²) in [4.78, 5) is 39.0. The molecule has 2 aromatic heterocycles. The summed E-state index contributed by atoms with van der Waals surface area (Å²) in [6, 6.07) is 20.9. The normalized spacial score (nSPS) is 11.0. The van der Waals surface area contributed by atoms with Gasteiger partial charge in [0, 0.05) is 7.05 Å². The van der Waals surface area contributed by atoms with Crippen LogP contribution in [-0.4, -0.2) is 21.7 Å². The Morgan fingerprint density at radius 2 is 1.61 bits per heavy atom. The number of hydrogen-bond donors (Lipinski definition) is 0. The Balaban J connectivity index is 1.52. The monoisotopic (exact) mass is 434 g/mol. The first kappa shape index (κ1) is 20.8. The minimum Gasteiger partial charge on any atom is -0.461 e. The average molecular weight is 435 g/mol. The lowest BCUT2D eigenvalue weighted by Gasteiger charge is -2.08. The molecule has 6 nitrogen and oxygen atoms in total. The van der Waals surface area contributed by atoms with E-state index >= 15 is 0 Å². The number of ether oxygens (including phenoxy) is 1. The van der Waals surface area contributed by atoms with Gasteiger partial charge in [-0.05, 0) is 30.0 Å². The molecule has 0 bridgehead atoms. The van der Waals surface area contributed by atoms with Gasteiger partial charge in [0.05, 0.1) is 18.5 Å². The van der Waals surface area contributed by atoms with E-state index in [0.29, 0.717) is 28.1 Å². The summed E-state index contributed by atoms with van der Waals surface area (Å²) in [6.45, 7) is 0.469. The van der Waals surface area contributed by atoms with Crippen molar-refractivity contribution in [3.63, 3.8) is 0 Å². The molecule has 4 aromatic rings. The van der Waals surface area contributed by atoms with Crippen LogP contribution in [0.3, 0.4) is 0 Å². The quantitative estimate of drug-likeness (QED) is 0.329. The van der Waals surface area contributed by atoms with E-state index in [1.807, 2.05) is 60.7 Å². The van der Waals surface area contributed by atoms with Gasteiger partial charge in [0.2, 0.25) is 0 Å². The first-order valence-electron chi connectivity index (χ1n) is 10.0. The lowest BCUT2D eigenvalue weighted by molar-refractivity contribution is 0.0506. The van der Waals surface area contributed by atoms with E-state index in [-0.39, 0.29) is 6.54 Å². The summed E-state index contributed by atoms with van der Waals surface area (Å²) >= 11 is 1.10. The highest BCUT2D eigenvalue weighted by Gasteiger charge is 2.18. The van der Waals surface area contributed by atoms with Crippen LogP contribution in [0.2, 0.25) is 0 Å². The summed E-state index contributed by atoms with van der Waals surface area (Å²) in [5.74, 6) is -0.476. The van der Waals surface area contributed by atoms with Gasteiger partial charge in [-0.3, -0.25) is 13.9 Å². The number of rotatable bonds is 7. The lowest BCUT2D eigenvalue weighted by atomic mass is 10.1. The Bertz CT molecular complexity index is 1320. The predicted molar refractivity (Wildman–Crippen MR) is 122 cm³/mol. The Kier molecular flexibility index (Phi) is 6.13. The van der Waals surface area contributed by atoms with E-state index in [4.69, 9.17) is 4.74 Å². The Hall–Kier alpha value is -3.45.